The summed E-state index contributed by atoms with van der Waals surface area (Å²) in [4.78, 5) is 9.14. The molecule has 2 saturated carbocycles. The Hall–Kier alpha value is -3.19. The molecule has 2 fully saturated rings. The highest BCUT2D eigenvalue weighted by molar-refractivity contribution is 6.31. The molecule has 8 heteroatoms. The molecule has 2 N–H and O–H groups in total. The van der Waals surface area contributed by atoms with Gasteiger partial charge < -0.3 is 10.6 Å². The van der Waals surface area contributed by atoms with Crippen LogP contribution in [0.2, 0.25) is 5.02 Å². The Labute approximate surface area is 183 Å². The van der Waals surface area contributed by atoms with Gasteiger partial charge in [-0.3, -0.25) is 0 Å². The van der Waals surface area contributed by atoms with Crippen LogP contribution in [0.1, 0.15) is 25.7 Å². The number of nitrogens with zero attached hydrogens (tertiary/aromatic N) is 4. The third-order valence-electron chi connectivity index (χ3n) is 5.57. The van der Waals surface area contributed by atoms with E-state index in [1.165, 1.54) is 12.1 Å². The van der Waals surface area contributed by atoms with Gasteiger partial charge in [0.05, 0.1) is 16.8 Å². The highest BCUT2D eigenvalue weighted by Crippen LogP contribution is 2.38. The van der Waals surface area contributed by atoms with Crippen LogP contribution in [0.4, 0.5) is 16.2 Å². The van der Waals surface area contributed by atoms with Crippen LogP contribution in [-0.2, 0) is 0 Å². The topological polar surface area (TPSA) is 67.1 Å². The maximum atomic E-state index is 13.6. The molecule has 156 valence electrons. The third-order valence-corrected chi connectivity index (χ3v) is 5.79. The van der Waals surface area contributed by atoms with Gasteiger partial charge in [0.15, 0.2) is 0 Å². The van der Waals surface area contributed by atoms with Crippen LogP contribution in [0.5, 0.6) is 0 Å². The molecule has 2 aliphatic rings. The maximum absolute atomic E-state index is 13.6. The molecule has 0 aliphatic heterocycles. The van der Waals surface area contributed by atoms with Crippen LogP contribution in [0.15, 0.2) is 48.7 Å². The van der Waals surface area contributed by atoms with Crippen LogP contribution in [0, 0.1) is 5.82 Å². The smallest absolute Gasteiger partial charge is 0.223 e. The van der Waals surface area contributed by atoms with Crippen molar-refractivity contribution in [3.05, 3.63) is 59.5 Å². The van der Waals surface area contributed by atoms with Gasteiger partial charge >= 0.3 is 0 Å². The van der Waals surface area contributed by atoms with Crippen LogP contribution < -0.4 is 10.6 Å². The SMILES string of the molecule is Fc1ccc(-c2nn3c(NC4CC4)cc(Cl)cc3c2-c2ccnc(NC3CC3)n2)cc1. The van der Waals surface area contributed by atoms with Gasteiger partial charge in [0.25, 0.3) is 0 Å². The molecule has 0 saturated heterocycles. The van der Waals surface area contributed by atoms with E-state index in [2.05, 4.69) is 15.6 Å². The van der Waals surface area contributed by atoms with E-state index in [9.17, 15) is 4.39 Å². The molecule has 6 rings (SSSR count). The predicted molar refractivity (Wildman–Crippen MR) is 120 cm³/mol. The summed E-state index contributed by atoms with van der Waals surface area (Å²) in [6.45, 7) is 0. The van der Waals surface area contributed by atoms with Crippen molar-refractivity contribution >= 4 is 28.9 Å². The van der Waals surface area contributed by atoms with E-state index in [0.717, 1.165) is 59.5 Å². The minimum Gasteiger partial charge on any atom is -0.367 e. The van der Waals surface area contributed by atoms with Gasteiger partial charge in [0, 0.05) is 28.9 Å². The second-order valence-electron chi connectivity index (χ2n) is 8.19. The molecule has 0 atom stereocenters. The Kier molecular flexibility index (Phi) is 4.31. The first-order valence-corrected chi connectivity index (χ1v) is 10.9. The first kappa shape index (κ1) is 18.6. The molecule has 3 heterocycles. The molecule has 4 aromatic rings. The summed E-state index contributed by atoms with van der Waals surface area (Å²) >= 11 is 6.50. The standard InChI is InChI=1S/C23H20ClFN6/c24-14-11-19-21(18-9-10-26-23(29-18)28-17-7-8-17)22(13-1-3-15(25)4-2-13)30-31(19)20(12-14)27-16-5-6-16/h1-4,9-12,16-17,27H,5-8H2,(H,26,28,29). The van der Waals surface area contributed by atoms with E-state index < -0.39 is 0 Å². The average molecular weight is 435 g/mol. The molecule has 0 amide bonds. The number of hydrogen-bond donors (Lipinski definition) is 2. The van der Waals surface area contributed by atoms with Gasteiger partial charge in [-0.2, -0.15) is 5.10 Å². The summed E-state index contributed by atoms with van der Waals surface area (Å²) in [7, 11) is 0. The number of hydrogen-bond acceptors (Lipinski definition) is 5. The molecule has 6 nitrogen and oxygen atoms in total. The van der Waals surface area contributed by atoms with Crippen LogP contribution in [0.3, 0.4) is 0 Å². The fraction of sp³-hybridized carbons (Fsp3) is 0.261. The van der Waals surface area contributed by atoms with Gasteiger partial charge in [-0.25, -0.2) is 18.9 Å². The number of fused-ring (bicyclic) bond motifs is 1. The normalized spacial score (nSPS) is 15.9. The fourth-order valence-electron chi connectivity index (χ4n) is 3.69. The van der Waals surface area contributed by atoms with E-state index in [1.54, 1.807) is 18.3 Å². The van der Waals surface area contributed by atoms with Gasteiger partial charge in [0.1, 0.15) is 17.3 Å². The molecule has 0 radical (unpaired) electrons. The van der Waals surface area contributed by atoms with Crippen molar-refractivity contribution in [2.75, 3.05) is 10.6 Å². The van der Waals surface area contributed by atoms with Crippen LogP contribution in [0.25, 0.3) is 28.0 Å². The molecule has 31 heavy (non-hydrogen) atoms. The van der Waals surface area contributed by atoms with Gasteiger partial charge in [-0.1, -0.05) is 11.6 Å². The quantitative estimate of drug-likeness (QED) is 0.425. The summed E-state index contributed by atoms with van der Waals surface area (Å²) in [5.74, 6) is 1.15. The lowest BCUT2D eigenvalue weighted by atomic mass is 10.0. The molecule has 0 spiro atoms. The molecule has 1 aromatic carbocycles. The maximum Gasteiger partial charge on any atom is 0.223 e. The number of rotatable bonds is 6. The summed E-state index contributed by atoms with van der Waals surface area (Å²) in [5.41, 5.74) is 3.95. The van der Waals surface area contributed by atoms with E-state index >= 15 is 0 Å². The van der Waals surface area contributed by atoms with Gasteiger partial charge in [0.2, 0.25) is 5.95 Å². The second-order valence-corrected chi connectivity index (χ2v) is 8.63. The highest BCUT2D eigenvalue weighted by Gasteiger charge is 2.26. The number of benzene rings is 1. The van der Waals surface area contributed by atoms with E-state index in [-0.39, 0.29) is 5.82 Å². The molecule has 3 aromatic heterocycles. The Morgan fingerprint density at radius 1 is 0.968 bits per heavy atom. The van der Waals surface area contributed by atoms with Crippen molar-refractivity contribution in [3.63, 3.8) is 0 Å². The van der Waals surface area contributed by atoms with Gasteiger partial charge in [-0.15, -0.1) is 0 Å². The van der Waals surface area contributed by atoms with E-state index in [1.807, 2.05) is 22.7 Å². The van der Waals surface area contributed by atoms with Crippen molar-refractivity contribution in [2.45, 2.75) is 37.8 Å². The number of pyridine rings is 1. The zero-order valence-electron chi connectivity index (χ0n) is 16.6. The minimum atomic E-state index is -0.286. The summed E-state index contributed by atoms with van der Waals surface area (Å²) in [5, 5.41) is 12.4. The predicted octanol–water partition coefficient (Wildman–Crippen LogP) is 5.40. The van der Waals surface area contributed by atoms with E-state index in [4.69, 9.17) is 21.7 Å². The first-order chi connectivity index (χ1) is 15.1. The van der Waals surface area contributed by atoms with Gasteiger partial charge in [-0.05, 0) is 68.1 Å². The Morgan fingerprint density at radius 3 is 2.45 bits per heavy atom. The van der Waals surface area contributed by atoms with Crippen molar-refractivity contribution in [1.82, 2.24) is 19.6 Å². The number of nitrogens with one attached hydrogen (secondary N) is 2. The third kappa shape index (κ3) is 3.70. The molecule has 2 aliphatic carbocycles. The first-order valence-electron chi connectivity index (χ1n) is 10.5. The van der Waals surface area contributed by atoms with Crippen molar-refractivity contribution in [2.24, 2.45) is 0 Å². The molecular weight excluding hydrogens is 415 g/mol. The monoisotopic (exact) mass is 434 g/mol. The van der Waals surface area contributed by atoms with Crippen LogP contribution >= 0.6 is 11.6 Å². The summed E-state index contributed by atoms with van der Waals surface area (Å²) in [6.07, 6.45) is 6.29. The Balaban J connectivity index is 1.57. The molecule has 0 bridgehead atoms. The lowest BCUT2D eigenvalue weighted by Gasteiger charge is -2.09. The number of aromatic nitrogens is 4. The average Bonchev–Trinajstić information content (AvgIpc) is 3.69. The number of halogens is 2. The summed E-state index contributed by atoms with van der Waals surface area (Å²) < 4.78 is 15.5. The van der Waals surface area contributed by atoms with Crippen LogP contribution in [-0.4, -0.2) is 31.7 Å². The molecular formula is C23H20ClFN6. The second kappa shape index (κ2) is 7.20. The summed E-state index contributed by atoms with van der Waals surface area (Å²) in [6, 6.07) is 12.9. The Morgan fingerprint density at radius 2 is 1.71 bits per heavy atom. The Bertz CT molecular complexity index is 1280. The van der Waals surface area contributed by atoms with Crippen molar-refractivity contribution in [1.29, 1.82) is 0 Å². The lowest BCUT2D eigenvalue weighted by Crippen LogP contribution is -2.07. The van der Waals surface area contributed by atoms with Crippen molar-refractivity contribution < 1.29 is 4.39 Å². The van der Waals surface area contributed by atoms with E-state index in [0.29, 0.717) is 23.1 Å². The zero-order valence-corrected chi connectivity index (χ0v) is 17.4. The number of anilines is 2. The fourth-order valence-corrected chi connectivity index (χ4v) is 3.90. The van der Waals surface area contributed by atoms with Crippen molar-refractivity contribution in [3.8, 4) is 22.5 Å². The largest absolute Gasteiger partial charge is 0.367 e. The lowest BCUT2D eigenvalue weighted by molar-refractivity contribution is 0.628. The zero-order chi connectivity index (χ0) is 20.9. The highest BCUT2D eigenvalue weighted by atomic mass is 35.5. The minimum absolute atomic E-state index is 0.286. The molecule has 0 unspecified atom stereocenters.